The second-order valence-corrected chi connectivity index (χ2v) is 30.5. The van der Waals surface area contributed by atoms with Gasteiger partial charge in [-0.1, -0.05) is 170 Å². The van der Waals surface area contributed by atoms with Crippen molar-refractivity contribution >= 4 is 85.2 Å². The zero-order chi connectivity index (χ0) is 80.7. The van der Waals surface area contributed by atoms with Gasteiger partial charge in [-0.2, -0.15) is 0 Å². The van der Waals surface area contributed by atoms with Crippen molar-refractivity contribution in [3.8, 4) is 45.1 Å². The summed E-state index contributed by atoms with van der Waals surface area (Å²) >= 11 is 1.74. The van der Waals surface area contributed by atoms with Crippen molar-refractivity contribution < 1.29 is 47.1 Å². The Kier molecular flexibility index (Phi) is 32.4. The molecule has 18 heteroatoms. The highest BCUT2D eigenvalue weighted by Crippen LogP contribution is 2.50. The van der Waals surface area contributed by atoms with Crippen LogP contribution in [0.4, 0.5) is 0 Å². The minimum Gasteiger partial charge on any atom is -0.456 e. The lowest BCUT2D eigenvalue weighted by atomic mass is 9.95. The molecular formula is C92H115N7O10S. The van der Waals surface area contributed by atoms with Crippen LogP contribution < -0.4 is 36.6 Å². The average molecular weight is 1510 g/mol. The molecule has 2 aliphatic heterocycles. The lowest BCUT2D eigenvalue weighted by Crippen LogP contribution is -2.45. The molecule has 10 aromatic rings. The number of carbonyl (C=O) groups is 7. The minimum atomic E-state index is -0.347. The van der Waals surface area contributed by atoms with E-state index in [9.17, 15) is 33.6 Å². The van der Waals surface area contributed by atoms with Gasteiger partial charge >= 0.3 is 0 Å². The summed E-state index contributed by atoms with van der Waals surface area (Å²) in [4.78, 5) is 82.5. The molecule has 110 heavy (non-hydrogen) atoms. The highest BCUT2D eigenvalue weighted by molar-refractivity contribution is 7.99. The van der Waals surface area contributed by atoms with Crippen LogP contribution in [0.25, 0.3) is 66.5 Å². The molecule has 13 rings (SSSR count). The van der Waals surface area contributed by atoms with Crippen molar-refractivity contribution in [2.45, 2.75) is 185 Å². The van der Waals surface area contributed by atoms with Gasteiger partial charge in [0.25, 0.3) is 0 Å². The Morgan fingerprint density at radius 2 is 0.973 bits per heavy atom. The number of hydrogen-bond acceptors (Lipinski definition) is 18. The minimum absolute atomic E-state index is 0.0972. The third-order valence-electron chi connectivity index (χ3n) is 21.9. The summed E-state index contributed by atoms with van der Waals surface area (Å²) in [5.41, 5.74) is 10.7. The number of nitrogens with one attached hydrogen (secondary N) is 6. The van der Waals surface area contributed by atoms with Crippen LogP contribution in [0.15, 0.2) is 207 Å². The number of fused-ring (bicyclic) bond motifs is 6. The monoisotopic (exact) mass is 1510 g/mol. The van der Waals surface area contributed by atoms with E-state index in [0.29, 0.717) is 25.0 Å². The van der Waals surface area contributed by atoms with E-state index in [-0.39, 0.29) is 75.0 Å². The zero-order valence-electron chi connectivity index (χ0n) is 67.9. The first-order valence-electron chi connectivity index (χ1n) is 37.9. The van der Waals surface area contributed by atoms with Crippen molar-refractivity contribution in [3.63, 3.8) is 0 Å². The summed E-state index contributed by atoms with van der Waals surface area (Å²) in [6.45, 7) is 22.1. The molecule has 0 unspecified atom stereocenters. The van der Waals surface area contributed by atoms with E-state index >= 15 is 0 Å². The molecule has 0 amide bonds. The maximum atomic E-state index is 11.6. The van der Waals surface area contributed by atoms with E-state index < -0.39 is 0 Å². The molecule has 2 fully saturated rings. The van der Waals surface area contributed by atoms with Crippen molar-refractivity contribution in [2.75, 3.05) is 55.9 Å². The van der Waals surface area contributed by atoms with Crippen LogP contribution in [0.2, 0.25) is 0 Å². The third kappa shape index (κ3) is 23.1. The van der Waals surface area contributed by atoms with Gasteiger partial charge in [0.15, 0.2) is 0 Å². The number of hydrogen-bond donors (Lipinski definition) is 6. The van der Waals surface area contributed by atoms with Crippen molar-refractivity contribution in [2.24, 2.45) is 0 Å². The molecule has 0 bridgehead atoms. The quantitative estimate of drug-likeness (QED) is 0.0350. The number of carbonyl (C=O) groups excluding carboxylic acids is 7. The van der Waals surface area contributed by atoms with Gasteiger partial charge in [0.2, 0.25) is 0 Å². The maximum Gasteiger partial charge on any atom is 0.149 e. The number of nitrogens with zero attached hydrogens (tertiary/aromatic N) is 1. The predicted molar refractivity (Wildman–Crippen MR) is 450 cm³/mol. The molecule has 8 aromatic carbocycles. The number of ether oxygens (including phenoxy) is 1. The first-order valence-corrected chi connectivity index (χ1v) is 38.8. The number of Topliss-reactive ketones (excluding diaryl/α,β-unsaturated/α-hetero) is 7. The van der Waals surface area contributed by atoms with Gasteiger partial charge in [-0.05, 0) is 248 Å². The zero-order valence-corrected chi connectivity index (χ0v) is 68.7. The van der Waals surface area contributed by atoms with Crippen molar-refractivity contribution in [1.29, 1.82) is 0 Å². The Labute approximate surface area is 655 Å². The molecule has 1 saturated carbocycles. The molecule has 3 aliphatic rings. The molecule has 1 aliphatic carbocycles. The first kappa shape index (κ1) is 87.9. The molecule has 4 heterocycles. The summed E-state index contributed by atoms with van der Waals surface area (Å²) in [6.07, 6.45) is 7.17. The number of likely N-dealkylation sites (tertiary alicyclic amines) is 1. The highest BCUT2D eigenvalue weighted by atomic mass is 32.2. The van der Waals surface area contributed by atoms with Crippen molar-refractivity contribution in [1.82, 2.24) is 36.8 Å². The number of benzene rings is 8. The summed E-state index contributed by atoms with van der Waals surface area (Å²) in [7, 11) is 12.9. The van der Waals surface area contributed by atoms with Crippen LogP contribution in [-0.4, -0.2) is 142 Å². The summed E-state index contributed by atoms with van der Waals surface area (Å²) < 4.78 is 18.2. The van der Waals surface area contributed by atoms with Gasteiger partial charge in [-0.25, -0.2) is 0 Å². The van der Waals surface area contributed by atoms with Crippen LogP contribution in [0.3, 0.4) is 0 Å². The standard InChI is InChI=1S/C23H21NO2S.C23H21NO2.C19H19NO2.C8H15NO.C7H15NO.C6H11NO.C6H13NO/c1-15(25)19(24-2)14-16-10-12-17(13-11-16)18-6-5-9-22-23(18)26-20-7-3-4-8-21(20)27-22;1-15(25)21(24-2)14-16-10-12-17(13-11-16)18-7-5-8-20-19-6-3-4-9-22(19)26-23(18)20;1-13(21)17(20-2)11-14-7-9-15(10-8-14)19-12-16-5-3-4-6-18(16)22-19;1-7(10)8(2)5-4-6-9(8)3;1-5-7(3,8-4)6(2)9;1-5(8)6(7-2)3-4-6;1-5(8)6(2,3)7-4/h3-13,19,24H,14H2,1-2H3;3-13,21,24H,14H2,1-2H3;3-10,12,17,20H,11H2,1-2H3;4-6H2,1-3H3;8H,5H2,1-4H3;7H,3-4H2,1-2H3;7H,1-4H3/t19-;21-;17-;8-;7-;;/m00010../s1. The molecule has 1 saturated heterocycles. The largest absolute Gasteiger partial charge is 0.456 e. The Morgan fingerprint density at radius 3 is 1.38 bits per heavy atom. The summed E-state index contributed by atoms with van der Waals surface area (Å²) in [5.74, 6) is 4.09. The molecule has 5 atom stereocenters. The van der Waals surface area contributed by atoms with Gasteiger partial charge in [0, 0.05) is 32.8 Å². The van der Waals surface area contributed by atoms with Crippen LogP contribution in [0.5, 0.6) is 11.5 Å². The molecule has 17 nitrogen and oxygen atoms in total. The van der Waals surface area contributed by atoms with Gasteiger partial charge in [-0.3, -0.25) is 38.5 Å². The van der Waals surface area contributed by atoms with Crippen LogP contribution >= 0.6 is 11.8 Å². The van der Waals surface area contributed by atoms with Crippen LogP contribution in [-0.2, 0) is 52.8 Å². The molecular weight excluding hydrogens is 1400 g/mol. The maximum absolute atomic E-state index is 11.6. The topological polar surface area (TPSA) is 230 Å². The van der Waals surface area contributed by atoms with E-state index in [2.05, 4.69) is 152 Å². The lowest BCUT2D eigenvalue weighted by Gasteiger charge is -2.28. The summed E-state index contributed by atoms with van der Waals surface area (Å²) in [6, 6.07) is 63.3. The molecule has 2 aromatic heterocycles. The van der Waals surface area contributed by atoms with Gasteiger partial charge in [0.1, 0.15) is 74.5 Å². The number of ketones is 7. The van der Waals surface area contributed by atoms with E-state index in [1.54, 1.807) is 67.3 Å². The molecule has 0 radical (unpaired) electrons. The number of furan rings is 2. The van der Waals surface area contributed by atoms with E-state index in [1.807, 2.05) is 150 Å². The first-order chi connectivity index (χ1) is 52.3. The van der Waals surface area contributed by atoms with E-state index in [1.165, 1.54) is 0 Å². The summed E-state index contributed by atoms with van der Waals surface area (Å²) in [5, 5.41) is 21.4. The number of likely N-dealkylation sites (N-methyl/N-ethyl adjacent to an activating group) is 7. The second-order valence-electron chi connectivity index (χ2n) is 29.4. The van der Waals surface area contributed by atoms with Gasteiger partial charge in [0.05, 0.1) is 50.1 Å². The Bertz CT molecular complexity index is 4700. The Balaban J connectivity index is 0.000000189. The van der Waals surface area contributed by atoms with Gasteiger partial charge in [-0.15, -0.1) is 0 Å². The lowest BCUT2D eigenvalue weighted by molar-refractivity contribution is -0.126. The Hall–Kier alpha value is -9.34. The highest BCUT2D eigenvalue weighted by Gasteiger charge is 2.45. The SMILES string of the molecule is CC(=O)[C@@]1(C)CCCN1C.CC[C@](C)(NC)C(C)=O.CNC(C)(C)C(C)=O.CNC1(C(C)=O)CC1.CN[C@@H](Cc1ccc(-c2cc3ccccc3o2)cc1)C(C)=O.CN[C@@H](Cc1ccc(-c2cccc3c2Oc2ccccc2S3)cc1)C(C)=O.CN[C@@H](Cc1ccc(-c2cccc3c2oc2ccccc23)cc1)C(C)=O. The molecule has 6 N–H and O–H groups in total. The number of para-hydroxylation sites is 5. The van der Waals surface area contributed by atoms with Crippen LogP contribution in [0, 0.1) is 0 Å². The van der Waals surface area contributed by atoms with E-state index in [4.69, 9.17) is 13.6 Å². The van der Waals surface area contributed by atoms with Gasteiger partial charge < -0.3 is 45.5 Å². The normalized spacial score (nSPS) is 15.7. The Morgan fingerprint density at radius 1 is 0.500 bits per heavy atom. The fourth-order valence-electron chi connectivity index (χ4n) is 12.6. The average Bonchev–Trinajstić information content (AvgIpc) is 1.26. The van der Waals surface area contributed by atoms with E-state index in [0.717, 1.165) is 143 Å². The number of rotatable bonds is 23. The van der Waals surface area contributed by atoms with Crippen LogP contribution in [0.1, 0.15) is 132 Å². The van der Waals surface area contributed by atoms with Crippen molar-refractivity contribution in [3.05, 3.63) is 205 Å². The molecule has 0 spiro atoms. The second kappa shape index (κ2) is 40.6. The fourth-order valence-corrected chi connectivity index (χ4v) is 13.6. The predicted octanol–water partition coefficient (Wildman–Crippen LogP) is 17.0. The fraction of sp³-hybridized carbons (Fsp3) is 0.380. The smallest absolute Gasteiger partial charge is 0.149 e. The molecule has 584 valence electrons. The third-order valence-corrected chi connectivity index (χ3v) is 23.0.